The van der Waals surface area contributed by atoms with Gasteiger partial charge in [-0.25, -0.2) is 9.79 Å². The van der Waals surface area contributed by atoms with Crippen molar-refractivity contribution in [3.05, 3.63) is 133 Å². The third kappa shape index (κ3) is 4.90. The number of thiazole rings is 1. The zero-order chi connectivity index (χ0) is 25.8. The van der Waals surface area contributed by atoms with Crippen molar-refractivity contribution in [3.8, 4) is 5.75 Å². The lowest BCUT2D eigenvalue weighted by Crippen LogP contribution is -2.40. The second-order valence-electron chi connectivity index (χ2n) is 8.51. The maximum Gasteiger partial charge on any atom is 0.338 e. The van der Waals surface area contributed by atoms with E-state index in [0.29, 0.717) is 39.4 Å². The van der Waals surface area contributed by atoms with Gasteiger partial charge in [0.2, 0.25) is 0 Å². The Bertz CT molecular complexity index is 1640. The Morgan fingerprint density at radius 2 is 1.68 bits per heavy atom. The molecule has 0 aliphatic carbocycles. The number of carbonyl (C=O) groups is 1. The molecule has 1 atom stereocenters. The minimum atomic E-state index is -0.619. The summed E-state index contributed by atoms with van der Waals surface area (Å²) in [5.41, 5.74) is 3.47. The zero-order valence-corrected chi connectivity index (χ0v) is 21.4. The number of nitrogens with zero attached hydrogens (tertiary/aromatic N) is 2. The van der Waals surface area contributed by atoms with Crippen LogP contribution in [0.2, 0.25) is 0 Å². The van der Waals surface area contributed by atoms with Crippen LogP contribution >= 0.6 is 11.3 Å². The number of benzene rings is 3. The van der Waals surface area contributed by atoms with Crippen LogP contribution in [-0.2, 0) is 16.1 Å². The van der Waals surface area contributed by atoms with Crippen molar-refractivity contribution in [2.24, 2.45) is 4.99 Å². The van der Waals surface area contributed by atoms with Gasteiger partial charge in [-0.15, -0.1) is 0 Å². The first-order valence-electron chi connectivity index (χ1n) is 12.0. The lowest BCUT2D eigenvalue weighted by Gasteiger charge is -2.25. The Balaban J connectivity index is 1.63. The summed E-state index contributed by atoms with van der Waals surface area (Å²) in [6.45, 7) is 2.36. The minimum absolute atomic E-state index is 0.216. The fraction of sp³-hybridized carbons (Fsp3) is 0.167. The first-order valence-corrected chi connectivity index (χ1v) is 12.9. The summed E-state index contributed by atoms with van der Waals surface area (Å²) in [6, 6.07) is 26.5. The van der Waals surface area contributed by atoms with Crippen molar-refractivity contribution in [2.75, 3.05) is 7.11 Å². The number of allylic oxidation sites excluding steroid dienone is 1. The highest BCUT2D eigenvalue weighted by molar-refractivity contribution is 7.07. The van der Waals surface area contributed by atoms with Crippen molar-refractivity contribution in [3.63, 3.8) is 0 Å². The van der Waals surface area contributed by atoms with E-state index in [-0.39, 0.29) is 5.56 Å². The van der Waals surface area contributed by atoms with Gasteiger partial charge < -0.3 is 9.47 Å². The molecule has 0 N–H and O–H groups in total. The molecule has 1 aromatic heterocycles. The second kappa shape index (κ2) is 10.8. The molecule has 0 fully saturated rings. The van der Waals surface area contributed by atoms with E-state index in [9.17, 15) is 9.59 Å². The first-order chi connectivity index (χ1) is 18.1. The largest absolute Gasteiger partial charge is 0.488 e. The molecule has 1 aliphatic heterocycles. The number of para-hydroxylation sites is 1. The van der Waals surface area contributed by atoms with E-state index < -0.39 is 12.0 Å². The molecule has 186 valence electrons. The number of ether oxygens (including phenoxy) is 2. The maximum absolute atomic E-state index is 13.8. The number of methoxy groups -OCH3 is 1. The summed E-state index contributed by atoms with van der Waals surface area (Å²) in [5, 5.41) is 0. The Labute approximate surface area is 218 Å². The quantitative estimate of drug-likeness (QED) is 0.346. The third-order valence-corrected chi connectivity index (χ3v) is 7.19. The van der Waals surface area contributed by atoms with E-state index in [1.54, 1.807) is 4.57 Å². The summed E-state index contributed by atoms with van der Waals surface area (Å²) >= 11 is 1.31. The Hall–Kier alpha value is -4.23. The minimum Gasteiger partial charge on any atom is -0.488 e. The van der Waals surface area contributed by atoms with Crippen LogP contribution in [0.4, 0.5) is 0 Å². The van der Waals surface area contributed by atoms with Crippen LogP contribution in [0.25, 0.3) is 6.08 Å². The number of carbonyl (C=O) groups excluding carboxylic acids is 1. The van der Waals surface area contributed by atoms with Gasteiger partial charge in [0.25, 0.3) is 5.56 Å². The molecule has 7 heteroatoms. The van der Waals surface area contributed by atoms with Crippen LogP contribution in [0.3, 0.4) is 0 Å². The molecule has 3 aromatic carbocycles. The van der Waals surface area contributed by atoms with Gasteiger partial charge in [0, 0.05) is 5.56 Å². The Kier molecular flexibility index (Phi) is 7.14. The van der Waals surface area contributed by atoms with Crippen molar-refractivity contribution >= 4 is 23.4 Å². The highest BCUT2D eigenvalue weighted by atomic mass is 32.1. The van der Waals surface area contributed by atoms with Gasteiger partial charge >= 0.3 is 5.97 Å². The van der Waals surface area contributed by atoms with E-state index in [1.165, 1.54) is 18.4 Å². The summed E-state index contributed by atoms with van der Waals surface area (Å²) in [6.07, 6.45) is 2.37. The molecule has 0 bridgehead atoms. The van der Waals surface area contributed by atoms with E-state index in [0.717, 1.165) is 16.7 Å². The lowest BCUT2D eigenvalue weighted by atomic mass is 9.95. The maximum atomic E-state index is 13.8. The number of fused-ring (bicyclic) bond motifs is 1. The van der Waals surface area contributed by atoms with Gasteiger partial charge in [-0.1, -0.05) is 97.1 Å². The van der Waals surface area contributed by atoms with Crippen molar-refractivity contribution in [1.82, 2.24) is 4.57 Å². The molecular weight excluding hydrogens is 484 g/mol. The number of rotatable bonds is 7. The van der Waals surface area contributed by atoms with Crippen molar-refractivity contribution in [2.45, 2.75) is 26.0 Å². The number of hydrogen-bond acceptors (Lipinski definition) is 6. The molecular formula is C30H26N2O4S. The smallest absolute Gasteiger partial charge is 0.338 e. The molecule has 37 heavy (non-hydrogen) atoms. The van der Waals surface area contributed by atoms with Gasteiger partial charge in [0.1, 0.15) is 12.4 Å². The molecule has 4 aromatic rings. The van der Waals surface area contributed by atoms with Crippen LogP contribution < -0.4 is 19.6 Å². The fourth-order valence-corrected chi connectivity index (χ4v) is 5.43. The SMILES string of the molecule is CCC1=C(C(=O)OC)[C@@H](c2ccccc2)n2c(s/c(=C/c3ccccc3OCc3ccccc3)c2=O)=N1. The highest BCUT2D eigenvalue weighted by Crippen LogP contribution is 2.31. The monoisotopic (exact) mass is 510 g/mol. The normalized spacial score (nSPS) is 15.2. The van der Waals surface area contributed by atoms with E-state index in [1.807, 2.05) is 97.9 Å². The summed E-state index contributed by atoms with van der Waals surface area (Å²) < 4.78 is 13.3. The predicted molar refractivity (Wildman–Crippen MR) is 144 cm³/mol. The molecule has 0 amide bonds. The average Bonchev–Trinajstić information content (AvgIpc) is 3.26. The molecule has 2 heterocycles. The molecule has 5 rings (SSSR count). The van der Waals surface area contributed by atoms with Gasteiger partial charge in [0.05, 0.1) is 29.0 Å². The van der Waals surface area contributed by atoms with Crippen LogP contribution in [0, 0.1) is 0 Å². The molecule has 0 spiro atoms. The summed E-state index contributed by atoms with van der Waals surface area (Å²) in [5.74, 6) is 0.199. The highest BCUT2D eigenvalue weighted by Gasteiger charge is 2.33. The third-order valence-electron chi connectivity index (χ3n) is 6.21. The first kappa shape index (κ1) is 24.5. The van der Waals surface area contributed by atoms with E-state index in [2.05, 4.69) is 0 Å². The summed E-state index contributed by atoms with van der Waals surface area (Å²) in [7, 11) is 1.35. The van der Waals surface area contributed by atoms with E-state index >= 15 is 0 Å². The summed E-state index contributed by atoms with van der Waals surface area (Å²) in [4.78, 5) is 32.0. The Morgan fingerprint density at radius 3 is 2.38 bits per heavy atom. The van der Waals surface area contributed by atoms with Gasteiger partial charge in [-0.3, -0.25) is 9.36 Å². The number of aromatic nitrogens is 1. The van der Waals surface area contributed by atoms with Gasteiger partial charge in [-0.2, -0.15) is 0 Å². The number of esters is 1. The second-order valence-corrected chi connectivity index (χ2v) is 9.52. The van der Waals surface area contributed by atoms with Crippen LogP contribution in [0.15, 0.2) is 106 Å². The van der Waals surface area contributed by atoms with Gasteiger partial charge in [-0.05, 0) is 29.7 Å². The predicted octanol–water partition coefficient (Wildman–Crippen LogP) is 4.38. The fourth-order valence-electron chi connectivity index (χ4n) is 4.42. The van der Waals surface area contributed by atoms with Crippen molar-refractivity contribution in [1.29, 1.82) is 0 Å². The number of hydrogen-bond donors (Lipinski definition) is 0. The standard InChI is InChI=1S/C30H26N2O4S/c1-3-23-26(29(34)35-2)27(21-14-8-5-9-15-21)32-28(33)25(37-30(32)31-23)18-22-16-10-11-17-24(22)36-19-20-12-6-4-7-13-20/h4-18,27H,3,19H2,1-2H3/b25-18+/t27-/m1/s1. The van der Waals surface area contributed by atoms with Crippen LogP contribution in [0.1, 0.15) is 36.1 Å². The lowest BCUT2D eigenvalue weighted by molar-refractivity contribution is -0.136. The molecule has 1 aliphatic rings. The molecule has 0 saturated carbocycles. The Morgan fingerprint density at radius 1 is 1.00 bits per heavy atom. The van der Waals surface area contributed by atoms with Gasteiger partial charge in [0.15, 0.2) is 4.80 Å². The average molecular weight is 511 g/mol. The van der Waals surface area contributed by atoms with E-state index in [4.69, 9.17) is 14.5 Å². The molecule has 6 nitrogen and oxygen atoms in total. The van der Waals surface area contributed by atoms with Crippen LogP contribution in [-0.4, -0.2) is 17.6 Å². The molecule has 0 saturated heterocycles. The van der Waals surface area contributed by atoms with Crippen molar-refractivity contribution < 1.29 is 14.3 Å². The zero-order valence-electron chi connectivity index (χ0n) is 20.6. The topological polar surface area (TPSA) is 69.9 Å². The molecule has 0 radical (unpaired) electrons. The molecule has 0 unspecified atom stereocenters. The van der Waals surface area contributed by atoms with Crippen LogP contribution in [0.5, 0.6) is 5.75 Å².